The van der Waals surface area contributed by atoms with Crippen LogP contribution in [0.3, 0.4) is 0 Å². The van der Waals surface area contributed by atoms with Crippen LogP contribution < -0.4 is 9.67 Å². The van der Waals surface area contributed by atoms with Gasteiger partial charge in [-0.2, -0.15) is 0 Å². The molecule has 0 spiro atoms. The van der Waals surface area contributed by atoms with Crippen LogP contribution in [0.25, 0.3) is 5.76 Å². The highest BCUT2D eigenvalue weighted by Crippen LogP contribution is 2.40. The predicted octanol–water partition coefficient (Wildman–Crippen LogP) is 1.66. The van der Waals surface area contributed by atoms with E-state index in [4.69, 9.17) is 4.74 Å². The van der Waals surface area contributed by atoms with Gasteiger partial charge in [-0.25, -0.2) is 9.36 Å². The molecular weight excluding hydrogens is 448 g/mol. The van der Waals surface area contributed by atoms with E-state index in [1.165, 1.54) is 12.0 Å². The minimum absolute atomic E-state index is 0.102. The fraction of sp³-hybridized carbons (Fsp3) is 0.308. The van der Waals surface area contributed by atoms with Crippen molar-refractivity contribution in [2.75, 3.05) is 13.7 Å². The molecule has 0 bridgehead atoms. The first-order chi connectivity index (χ1) is 16.7. The van der Waals surface area contributed by atoms with E-state index in [1.807, 2.05) is 48.3 Å². The molecule has 3 aromatic rings. The van der Waals surface area contributed by atoms with Crippen LogP contribution in [0.2, 0.25) is 0 Å². The van der Waals surface area contributed by atoms with E-state index in [9.17, 15) is 19.5 Å². The van der Waals surface area contributed by atoms with Gasteiger partial charge in [0.05, 0.1) is 19.7 Å². The predicted molar refractivity (Wildman–Crippen MR) is 125 cm³/mol. The van der Waals surface area contributed by atoms with Crippen LogP contribution in [0, 0.1) is 20.8 Å². The molecule has 0 aliphatic carbocycles. The van der Waals surface area contributed by atoms with Crippen molar-refractivity contribution in [1.82, 2.24) is 14.9 Å². The number of aromatic amines is 2. The second-order valence-electron chi connectivity index (χ2n) is 8.70. The lowest BCUT2D eigenvalue weighted by Gasteiger charge is -2.27. The zero-order valence-electron chi connectivity index (χ0n) is 20.2. The third-order valence-corrected chi connectivity index (χ3v) is 6.39. The Labute approximate surface area is 203 Å². The Balaban J connectivity index is 1.79. The lowest BCUT2D eigenvalue weighted by atomic mass is 9.93. The van der Waals surface area contributed by atoms with Gasteiger partial charge < -0.3 is 19.7 Å². The summed E-state index contributed by atoms with van der Waals surface area (Å²) in [5.74, 6) is -2.67. The molecule has 9 heteroatoms. The number of carbonyl (C=O) groups is 3. The summed E-state index contributed by atoms with van der Waals surface area (Å²) in [6.07, 6.45) is 6.09. The highest BCUT2D eigenvalue weighted by Gasteiger charge is 2.44. The van der Waals surface area contributed by atoms with E-state index in [2.05, 4.69) is 9.97 Å². The number of likely N-dealkylation sites (tertiary alicyclic amines) is 1. The number of nitrogens with zero attached hydrogens (tertiary/aromatic N) is 2. The average Bonchev–Trinajstić information content (AvgIpc) is 3.52. The summed E-state index contributed by atoms with van der Waals surface area (Å²) in [6, 6.07) is 6.64. The van der Waals surface area contributed by atoms with Gasteiger partial charge in [0.15, 0.2) is 0 Å². The summed E-state index contributed by atoms with van der Waals surface area (Å²) < 4.78 is 6.75. The molecule has 1 atom stereocenters. The monoisotopic (exact) mass is 476 g/mol. The summed E-state index contributed by atoms with van der Waals surface area (Å²) >= 11 is 0. The molecule has 4 rings (SSSR count). The maximum absolute atomic E-state index is 13.8. The molecule has 0 radical (unpaired) electrons. The number of hydrogen-bond acceptors (Lipinski definition) is 5. The molecule has 1 aromatic carbocycles. The number of benzene rings is 1. The van der Waals surface area contributed by atoms with Crippen molar-refractivity contribution in [2.45, 2.75) is 39.8 Å². The molecule has 1 saturated heterocycles. The SMILES string of the molecule is COC(=O)c1[nH]c(C)c(C([O-])=C2C(=O)C(=O)N(CCC[n+]3cc[nH]c3)C2c2ccc(C)cc2)c1C. The van der Waals surface area contributed by atoms with Crippen molar-refractivity contribution in [3.05, 3.63) is 82.2 Å². The van der Waals surface area contributed by atoms with Crippen LogP contribution in [0.1, 0.15) is 50.9 Å². The van der Waals surface area contributed by atoms with Gasteiger partial charge in [0.25, 0.3) is 5.91 Å². The number of amides is 1. The van der Waals surface area contributed by atoms with E-state index in [0.29, 0.717) is 36.3 Å². The topological polar surface area (TPSA) is 122 Å². The number of methoxy groups -OCH3 is 1. The highest BCUT2D eigenvalue weighted by atomic mass is 16.5. The first-order valence-electron chi connectivity index (χ1n) is 11.4. The number of imidazole rings is 1. The van der Waals surface area contributed by atoms with Crippen molar-refractivity contribution in [1.29, 1.82) is 0 Å². The smallest absolute Gasteiger partial charge is 0.354 e. The van der Waals surface area contributed by atoms with Crippen LogP contribution in [-0.2, 0) is 20.9 Å². The molecule has 0 saturated carbocycles. The van der Waals surface area contributed by atoms with Gasteiger partial charge in [0.2, 0.25) is 12.1 Å². The minimum atomic E-state index is -0.811. The summed E-state index contributed by atoms with van der Waals surface area (Å²) in [4.78, 5) is 45.8. The van der Waals surface area contributed by atoms with Gasteiger partial charge in [-0.1, -0.05) is 35.6 Å². The fourth-order valence-corrected chi connectivity index (χ4v) is 4.61. The number of ketones is 1. The molecule has 2 N–H and O–H groups in total. The summed E-state index contributed by atoms with van der Waals surface area (Å²) in [5.41, 5.74) is 2.79. The van der Waals surface area contributed by atoms with Crippen LogP contribution in [0.5, 0.6) is 0 Å². The Morgan fingerprint density at radius 2 is 1.89 bits per heavy atom. The number of nitrogens with one attached hydrogen (secondary N) is 2. The van der Waals surface area contributed by atoms with E-state index in [-0.39, 0.29) is 16.8 Å². The van der Waals surface area contributed by atoms with E-state index in [0.717, 1.165) is 5.56 Å². The number of Topliss-reactive ketones (excluding diaryl/α,β-unsaturated/α-hetero) is 1. The Morgan fingerprint density at radius 3 is 2.51 bits per heavy atom. The summed E-state index contributed by atoms with van der Waals surface area (Å²) in [5, 5.41) is 13.8. The summed E-state index contributed by atoms with van der Waals surface area (Å²) in [6.45, 7) is 6.16. The molecule has 1 aliphatic rings. The number of rotatable bonds is 7. The second-order valence-corrected chi connectivity index (χ2v) is 8.70. The van der Waals surface area contributed by atoms with Crippen molar-refractivity contribution in [2.24, 2.45) is 0 Å². The molecule has 182 valence electrons. The lowest BCUT2D eigenvalue weighted by Crippen LogP contribution is -2.36. The van der Waals surface area contributed by atoms with Crippen LogP contribution in [-0.4, -0.2) is 46.2 Å². The Hall–Kier alpha value is -4.14. The number of ether oxygens (including phenoxy) is 1. The number of esters is 1. The highest BCUT2D eigenvalue weighted by molar-refractivity contribution is 6.46. The molecule has 3 heterocycles. The van der Waals surface area contributed by atoms with Crippen molar-refractivity contribution in [3.8, 4) is 0 Å². The zero-order chi connectivity index (χ0) is 25.3. The van der Waals surface area contributed by atoms with Gasteiger partial charge in [-0.15, -0.1) is 0 Å². The molecular formula is C26H28N4O5. The first kappa shape index (κ1) is 24.0. The lowest BCUT2D eigenvalue weighted by molar-refractivity contribution is -0.695. The average molecular weight is 477 g/mol. The van der Waals surface area contributed by atoms with Crippen LogP contribution in [0.15, 0.2) is 48.6 Å². The van der Waals surface area contributed by atoms with E-state index < -0.39 is 29.5 Å². The maximum Gasteiger partial charge on any atom is 0.354 e. The van der Waals surface area contributed by atoms with Crippen molar-refractivity contribution < 1.29 is 28.8 Å². The Bertz CT molecular complexity index is 1300. The molecule has 35 heavy (non-hydrogen) atoms. The Morgan fingerprint density at radius 1 is 1.17 bits per heavy atom. The molecule has 9 nitrogen and oxygen atoms in total. The largest absolute Gasteiger partial charge is 0.872 e. The van der Waals surface area contributed by atoms with E-state index >= 15 is 0 Å². The number of hydrogen-bond donors (Lipinski definition) is 2. The van der Waals surface area contributed by atoms with Gasteiger partial charge in [-0.3, -0.25) is 14.6 Å². The number of aryl methyl sites for hydroxylation is 3. The second kappa shape index (κ2) is 9.61. The number of H-pyrrole nitrogens is 2. The summed E-state index contributed by atoms with van der Waals surface area (Å²) in [7, 11) is 1.25. The van der Waals surface area contributed by atoms with Gasteiger partial charge >= 0.3 is 5.97 Å². The van der Waals surface area contributed by atoms with E-state index in [1.54, 1.807) is 20.0 Å². The normalized spacial score (nSPS) is 17.3. The third-order valence-electron chi connectivity index (χ3n) is 6.39. The van der Waals surface area contributed by atoms with Gasteiger partial charge in [0, 0.05) is 24.2 Å². The molecule has 1 unspecified atom stereocenters. The molecule has 1 amide bonds. The van der Waals surface area contributed by atoms with Gasteiger partial charge in [-0.05, 0) is 37.5 Å². The molecule has 1 aliphatic heterocycles. The maximum atomic E-state index is 13.8. The van der Waals surface area contributed by atoms with Crippen LogP contribution >= 0.6 is 0 Å². The Kier molecular flexibility index (Phi) is 6.59. The molecule has 2 aromatic heterocycles. The van der Waals surface area contributed by atoms with Gasteiger partial charge in [0.1, 0.15) is 18.1 Å². The van der Waals surface area contributed by atoms with Crippen LogP contribution in [0.4, 0.5) is 0 Å². The standard InChI is InChI=1S/C26H28N4O5/c1-15-6-8-18(9-7-15)22-20(23(31)19-16(2)21(26(34)35-4)28-17(19)3)24(32)25(33)30(22)12-5-11-29-13-10-27-14-29/h6-10,13-14,22H,5,11-12H2,1-4H3,(H2,28,31,32,34). The third kappa shape index (κ3) is 4.37. The minimum Gasteiger partial charge on any atom is -0.872 e. The fourth-order valence-electron chi connectivity index (χ4n) is 4.61. The quantitative estimate of drug-likeness (QED) is 0.177. The first-order valence-corrected chi connectivity index (χ1v) is 11.4. The molecule has 1 fully saturated rings. The van der Waals surface area contributed by atoms with Crippen molar-refractivity contribution in [3.63, 3.8) is 0 Å². The number of aromatic nitrogens is 3. The zero-order valence-corrected chi connectivity index (χ0v) is 20.2. The van der Waals surface area contributed by atoms with Crippen molar-refractivity contribution >= 4 is 23.4 Å². The number of carbonyl (C=O) groups excluding carboxylic acids is 3.